The summed E-state index contributed by atoms with van der Waals surface area (Å²) in [6, 6.07) is 3.23. The number of hydrogen-bond donors (Lipinski definition) is 1. The van der Waals surface area contributed by atoms with Crippen molar-refractivity contribution < 1.29 is 9.66 Å². The number of methoxy groups -OCH3 is 1. The van der Waals surface area contributed by atoms with E-state index in [-0.39, 0.29) is 5.69 Å². The van der Waals surface area contributed by atoms with Crippen LogP contribution in [0.3, 0.4) is 0 Å². The first-order valence-electron chi connectivity index (χ1n) is 6.11. The van der Waals surface area contributed by atoms with Crippen molar-refractivity contribution in [1.82, 2.24) is 4.98 Å². The first-order valence-corrected chi connectivity index (χ1v) is 6.11. The van der Waals surface area contributed by atoms with Crippen LogP contribution in [0, 0.1) is 16.0 Å². The van der Waals surface area contributed by atoms with Gasteiger partial charge in [-0.15, -0.1) is 0 Å². The molecule has 2 rings (SSSR count). The molecule has 6 heteroatoms. The lowest BCUT2D eigenvalue weighted by Crippen LogP contribution is -2.09. The van der Waals surface area contributed by atoms with Crippen molar-refractivity contribution in [3.8, 4) is 5.88 Å². The fourth-order valence-corrected chi connectivity index (χ4v) is 2.09. The molecule has 6 nitrogen and oxygen atoms in total. The minimum atomic E-state index is -0.425. The highest BCUT2D eigenvalue weighted by molar-refractivity contribution is 5.58. The van der Waals surface area contributed by atoms with E-state index in [4.69, 9.17) is 4.74 Å². The highest BCUT2D eigenvalue weighted by Gasteiger charge is 2.37. The Morgan fingerprint density at radius 3 is 3.00 bits per heavy atom. The molecular formula is C12H17N3O3. The maximum atomic E-state index is 10.9. The number of nitrogens with one attached hydrogen (secondary N) is 1. The third-order valence-electron chi connectivity index (χ3n) is 3.16. The number of hydrogen-bond acceptors (Lipinski definition) is 5. The zero-order chi connectivity index (χ0) is 13.1. The summed E-state index contributed by atoms with van der Waals surface area (Å²) in [7, 11) is 1.49. The second kappa shape index (κ2) is 5.20. The molecule has 1 heterocycles. The summed E-state index contributed by atoms with van der Waals surface area (Å²) in [6.07, 6.45) is 3.34. The maximum Gasteiger partial charge on any atom is 0.311 e. The molecule has 0 bridgehead atoms. The third-order valence-corrected chi connectivity index (χ3v) is 3.16. The van der Waals surface area contributed by atoms with Gasteiger partial charge in [-0.2, -0.15) is 4.98 Å². The van der Waals surface area contributed by atoms with Gasteiger partial charge in [-0.3, -0.25) is 10.1 Å². The molecule has 98 valence electrons. The molecule has 1 aliphatic rings. The van der Waals surface area contributed by atoms with Gasteiger partial charge >= 0.3 is 5.69 Å². The van der Waals surface area contributed by atoms with E-state index in [1.807, 2.05) is 0 Å². The summed E-state index contributed by atoms with van der Waals surface area (Å²) in [4.78, 5) is 14.6. The minimum Gasteiger partial charge on any atom is -0.481 e. The van der Waals surface area contributed by atoms with Crippen LogP contribution < -0.4 is 10.1 Å². The number of ether oxygens (including phenoxy) is 1. The smallest absolute Gasteiger partial charge is 0.311 e. The van der Waals surface area contributed by atoms with Gasteiger partial charge in [0, 0.05) is 18.2 Å². The Morgan fingerprint density at radius 2 is 2.39 bits per heavy atom. The molecule has 0 spiro atoms. The molecule has 1 fully saturated rings. The van der Waals surface area contributed by atoms with Crippen LogP contribution in [0.15, 0.2) is 12.1 Å². The molecule has 2 atom stereocenters. The van der Waals surface area contributed by atoms with Crippen LogP contribution in [0.4, 0.5) is 11.5 Å². The molecule has 1 saturated carbocycles. The van der Waals surface area contributed by atoms with Crippen LogP contribution in [-0.2, 0) is 0 Å². The van der Waals surface area contributed by atoms with Crippen LogP contribution in [0.25, 0.3) is 0 Å². The molecule has 1 aromatic heterocycles. The maximum absolute atomic E-state index is 10.9. The van der Waals surface area contributed by atoms with Crippen molar-refractivity contribution in [3.63, 3.8) is 0 Å². The fraction of sp³-hybridized carbons (Fsp3) is 0.583. The van der Waals surface area contributed by atoms with E-state index in [9.17, 15) is 10.1 Å². The molecule has 1 N–H and O–H groups in total. The molecular weight excluding hydrogens is 234 g/mol. The number of rotatable bonds is 6. The lowest BCUT2D eigenvalue weighted by atomic mass is 10.2. The van der Waals surface area contributed by atoms with E-state index in [0.29, 0.717) is 23.7 Å². The van der Waals surface area contributed by atoms with Crippen LogP contribution in [0.5, 0.6) is 5.88 Å². The molecule has 0 aromatic carbocycles. The summed E-state index contributed by atoms with van der Waals surface area (Å²) >= 11 is 0. The van der Waals surface area contributed by atoms with E-state index in [0.717, 1.165) is 19.3 Å². The number of nitro groups is 1. The van der Waals surface area contributed by atoms with Gasteiger partial charge in [0.2, 0.25) is 11.7 Å². The molecule has 1 aliphatic carbocycles. The van der Waals surface area contributed by atoms with Gasteiger partial charge in [-0.05, 0) is 18.8 Å². The second-order valence-corrected chi connectivity index (χ2v) is 4.51. The fourth-order valence-electron chi connectivity index (χ4n) is 2.09. The normalized spacial score (nSPS) is 21.4. The SMILES string of the molecule is CCCC1CC1Nc1nc(OC)ccc1[N+](=O)[O-]. The van der Waals surface area contributed by atoms with Gasteiger partial charge in [0.05, 0.1) is 12.0 Å². The van der Waals surface area contributed by atoms with Crippen molar-refractivity contribution in [2.24, 2.45) is 5.92 Å². The van der Waals surface area contributed by atoms with Crippen molar-refractivity contribution >= 4 is 11.5 Å². The van der Waals surface area contributed by atoms with Crippen molar-refractivity contribution in [3.05, 3.63) is 22.2 Å². The average molecular weight is 251 g/mol. The van der Waals surface area contributed by atoms with E-state index < -0.39 is 4.92 Å². The lowest BCUT2D eigenvalue weighted by Gasteiger charge is -2.07. The van der Waals surface area contributed by atoms with Crippen molar-refractivity contribution in [2.45, 2.75) is 32.2 Å². The highest BCUT2D eigenvalue weighted by atomic mass is 16.6. The summed E-state index contributed by atoms with van der Waals surface area (Å²) in [5, 5.41) is 14.1. The Bertz CT molecular complexity index is 450. The number of aromatic nitrogens is 1. The van der Waals surface area contributed by atoms with Crippen LogP contribution >= 0.6 is 0 Å². The average Bonchev–Trinajstić information content (AvgIpc) is 3.07. The van der Waals surface area contributed by atoms with E-state index >= 15 is 0 Å². The first kappa shape index (κ1) is 12.6. The van der Waals surface area contributed by atoms with Gasteiger partial charge in [0.1, 0.15) is 0 Å². The summed E-state index contributed by atoms with van der Waals surface area (Å²) in [6.45, 7) is 2.14. The van der Waals surface area contributed by atoms with Crippen molar-refractivity contribution in [1.29, 1.82) is 0 Å². The minimum absolute atomic E-state index is 0.00190. The monoisotopic (exact) mass is 251 g/mol. The Morgan fingerprint density at radius 1 is 1.61 bits per heavy atom. The Kier molecular flexibility index (Phi) is 3.64. The van der Waals surface area contributed by atoms with Gasteiger partial charge < -0.3 is 10.1 Å². The molecule has 0 aliphatic heterocycles. The molecule has 0 radical (unpaired) electrons. The predicted octanol–water partition coefficient (Wildman–Crippen LogP) is 2.60. The van der Waals surface area contributed by atoms with E-state index in [1.165, 1.54) is 19.2 Å². The molecule has 0 amide bonds. The molecule has 18 heavy (non-hydrogen) atoms. The zero-order valence-corrected chi connectivity index (χ0v) is 10.5. The van der Waals surface area contributed by atoms with Gasteiger partial charge in [-0.1, -0.05) is 13.3 Å². The summed E-state index contributed by atoms with van der Waals surface area (Å²) < 4.78 is 4.99. The number of nitrogens with zero attached hydrogens (tertiary/aromatic N) is 2. The number of anilines is 1. The van der Waals surface area contributed by atoms with Crippen LogP contribution in [0.2, 0.25) is 0 Å². The molecule has 2 unspecified atom stereocenters. The quantitative estimate of drug-likeness (QED) is 0.621. The molecule has 0 saturated heterocycles. The van der Waals surface area contributed by atoms with Gasteiger partial charge in [0.15, 0.2) is 0 Å². The second-order valence-electron chi connectivity index (χ2n) is 4.51. The lowest BCUT2D eigenvalue weighted by molar-refractivity contribution is -0.384. The van der Waals surface area contributed by atoms with Gasteiger partial charge in [-0.25, -0.2) is 0 Å². The third kappa shape index (κ3) is 2.69. The zero-order valence-electron chi connectivity index (χ0n) is 10.5. The van der Waals surface area contributed by atoms with Crippen LogP contribution in [0.1, 0.15) is 26.2 Å². The highest BCUT2D eigenvalue weighted by Crippen LogP contribution is 2.38. The molecule has 1 aromatic rings. The largest absolute Gasteiger partial charge is 0.481 e. The summed E-state index contributed by atoms with van der Waals surface area (Å²) in [5.74, 6) is 1.31. The van der Waals surface area contributed by atoms with Gasteiger partial charge in [0.25, 0.3) is 0 Å². The predicted molar refractivity (Wildman–Crippen MR) is 67.9 cm³/mol. The summed E-state index contributed by atoms with van der Waals surface area (Å²) in [5.41, 5.74) is -0.00190. The van der Waals surface area contributed by atoms with Crippen LogP contribution in [-0.4, -0.2) is 23.1 Å². The van der Waals surface area contributed by atoms with E-state index in [1.54, 1.807) is 0 Å². The standard InChI is InChI=1S/C12H17N3O3/c1-3-4-8-7-9(8)13-12-10(15(16)17)5-6-11(14-12)18-2/h5-6,8-9H,3-4,7H2,1-2H3,(H,13,14). The number of pyridine rings is 1. The first-order chi connectivity index (χ1) is 8.65. The Hall–Kier alpha value is -1.85. The van der Waals surface area contributed by atoms with E-state index in [2.05, 4.69) is 17.2 Å². The Balaban J connectivity index is 2.12. The Labute approximate surface area is 106 Å². The topological polar surface area (TPSA) is 77.3 Å². The van der Waals surface area contributed by atoms with Crippen molar-refractivity contribution in [2.75, 3.05) is 12.4 Å².